The monoisotopic (exact) mass is 253 g/mol. The van der Waals surface area contributed by atoms with Gasteiger partial charge in [0.05, 0.1) is 6.54 Å². The summed E-state index contributed by atoms with van der Waals surface area (Å²) in [5.74, 6) is 0. The SMILES string of the molecule is CCOC(CNC(=S)c1ccccc1)OCC. The molecule has 0 bridgehead atoms. The molecular weight excluding hydrogens is 234 g/mol. The number of thiocarbonyl (C=S) groups is 1. The molecule has 0 aliphatic heterocycles. The zero-order valence-corrected chi connectivity index (χ0v) is 11.1. The highest BCUT2D eigenvalue weighted by Crippen LogP contribution is 2.00. The second-order valence-electron chi connectivity index (χ2n) is 3.42. The van der Waals surface area contributed by atoms with Crippen LogP contribution in [0.5, 0.6) is 0 Å². The van der Waals surface area contributed by atoms with E-state index in [4.69, 9.17) is 21.7 Å². The quantitative estimate of drug-likeness (QED) is 0.597. The van der Waals surface area contributed by atoms with Gasteiger partial charge in [0.15, 0.2) is 6.29 Å². The van der Waals surface area contributed by atoms with Crippen LogP contribution in [-0.2, 0) is 9.47 Å². The van der Waals surface area contributed by atoms with Crippen molar-refractivity contribution in [2.24, 2.45) is 0 Å². The Morgan fingerprint density at radius 3 is 2.29 bits per heavy atom. The van der Waals surface area contributed by atoms with E-state index in [0.29, 0.717) is 19.8 Å². The minimum Gasteiger partial charge on any atom is -0.371 e. The molecule has 0 radical (unpaired) electrons. The second-order valence-corrected chi connectivity index (χ2v) is 3.82. The van der Waals surface area contributed by atoms with Gasteiger partial charge in [0.25, 0.3) is 0 Å². The standard InChI is InChI=1S/C13H19NO2S/c1-3-15-12(16-4-2)10-14-13(17)11-8-6-5-7-9-11/h5-9,12H,3-4,10H2,1-2H3,(H,14,17). The normalized spacial score (nSPS) is 10.5. The Morgan fingerprint density at radius 2 is 1.76 bits per heavy atom. The fraction of sp³-hybridized carbons (Fsp3) is 0.462. The van der Waals surface area contributed by atoms with Crippen LogP contribution in [0.4, 0.5) is 0 Å². The summed E-state index contributed by atoms with van der Waals surface area (Å²) in [6.45, 7) is 5.72. The van der Waals surface area contributed by atoms with Gasteiger partial charge in [-0.25, -0.2) is 0 Å². The van der Waals surface area contributed by atoms with Gasteiger partial charge in [0.1, 0.15) is 4.99 Å². The van der Waals surface area contributed by atoms with E-state index >= 15 is 0 Å². The van der Waals surface area contributed by atoms with Crippen LogP contribution in [0.3, 0.4) is 0 Å². The lowest BCUT2D eigenvalue weighted by Crippen LogP contribution is -2.34. The van der Waals surface area contributed by atoms with E-state index < -0.39 is 0 Å². The van der Waals surface area contributed by atoms with Gasteiger partial charge in [-0.05, 0) is 13.8 Å². The predicted octanol–water partition coefficient (Wildman–Crippen LogP) is 2.35. The molecule has 94 valence electrons. The average Bonchev–Trinajstić information content (AvgIpc) is 2.37. The van der Waals surface area contributed by atoms with Crippen molar-refractivity contribution in [3.63, 3.8) is 0 Å². The van der Waals surface area contributed by atoms with Gasteiger partial charge in [-0.3, -0.25) is 0 Å². The molecule has 0 amide bonds. The van der Waals surface area contributed by atoms with Crippen molar-refractivity contribution in [2.75, 3.05) is 19.8 Å². The summed E-state index contributed by atoms with van der Waals surface area (Å²) < 4.78 is 10.8. The number of benzene rings is 1. The smallest absolute Gasteiger partial charge is 0.174 e. The van der Waals surface area contributed by atoms with Crippen LogP contribution in [-0.4, -0.2) is 31.0 Å². The van der Waals surface area contributed by atoms with Crippen LogP contribution in [0.1, 0.15) is 19.4 Å². The molecule has 1 rings (SSSR count). The molecular formula is C13H19NO2S. The Balaban J connectivity index is 2.41. The molecule has 0 fully saturated rings. The zero-order chi connectivity index (χ0) is 12.5. The third-order valence-corrected chi connectivity index (χ3v) is 2.55. The van der Waals surface area contributed by atoms with E-state index in [2.05, 4.69) is 5.32 Å². The second kappa shape index (κ2) is 8.17. The molecule has 0 unspecified atom stereocenters. The molecule has 0 heterocycles. The van der Waals surface area contributed by atoms with Gasteiger partial charge in [-0.1, -0.05) is 42.5 Å². The Kier molecular flexibility index (Phi) is 6.77. The molecule has 4 heteroatoms. The van der Waals surface area contributed by atoms with Crippen LogP contribution in [0.25, 0.3) is 0 Å². The maximum absolute atomic E-state index is 5.42. The summed E-state index contributed by atoms with van der Waals surface area (Å²) in [5.41, 5.74) is 1.01. The summed E-state index contributed by atoms with van der Waals surface area (Å²) in [4.78, 5) is 0.718. The van der Waals surface area contributed by atoms with Gasteiger partial charge in [-0.2, -0.15) is 0 Å². The van der Waals surface area contributed by atoms with Crippen molar-refractivity contribution in [3.05, 3.63) is 35.9 Å². The van der Waals surface area contributed by atoms with Gasteiger partial charge in [-0.15, -0.1) is 0 Å². The molecule has 0 saturated heterocycles. The zero-order valence-electron chi connectivity index (χ0n) is 10.3. The minimum atomic E-state index is -0.244. The lowest BCUT2D eigenvalue weighted by molar-refractivity contribution is -0.130. The summed E-state index contributed by atoms with van der Waals surface area (Å²) >= 11 is 5.29. The van der Waals surface area contributed by atoms with Crippen molar-refractivity contribution < 1.29 is 9.47 Å². The van der Waals surface area contributed by atoms with Gasteiger partial charge >= 0.3 is 0 Å². The molecule has 0 aromatic heterocycles. The predicted molar refractivity (Wildman–Crippen MR) is 73.2 cm³/mol. The summed E-state index contributed by atoms with van der Waals surface area (Å²) in [6.07, 6.45) is -0.244. The lowest BCUT2D eigenvalue weighted by Gasteiger charge is -2.18. The molecule has 0 aliphatic rings. The van der Waals surface area contributed by atoms with Crippen LogP contribution in [0.2, 0.25) is 0 Å². The van der Waals surface area contributed by atoms with E-state index in [0.717, 1.165) is 10.6 Å². The number of hydrogen-bond acceptors (Lipinski definition) is 3. The topological polar surface area (TPSA) is 30.5 Å². The van der Waals surface area contributed by atoms with Crippen LogP contribution >= 0.6 is 12.2 Å². The van der Waals surface area contributed by atoms with Crippen LogP contribution < -0.4 is 5.32 Å². The summed E-state index contributed by atoms with van der Waals surface area (Å²) in [6, 6.07) is 9.85. The van der Waals surface area contributed by atoms with Crippen molar-refractivity contribution >= 4 is 17.2 Å². The fourth-order valence-electron chi connectivity index (χ4n) is 1.41. The summed E-state index contributed by atoms with van der Waals surface area (Å²) in [7, 11) is 0. The molecule has 0 spiro atoms. The van der Waals surface area contributed by atoms with Crippen molar-refractivity contribution in [1.82, 2.24) is 5.32 Å². The van der Waals surface area contributed by atoms with Gasteiger partial charge < -0.3 is 14.8 Å². The molecule has 1 aromatic rings. The van der Waals surface area contributed by atoms with E-state index in [1.165, 1.54) is 0 Å². The number of nitrogens with one attached hydrogen (secondary N) is 1. The maximum Gasteiger partial charge on any atom is 0.174 e. The van der Waals surface area contributed by atoms with Crippen molar-refractivity contribution in [3.8, 4) is 0 Å². The third kappa shape index (κ3) is 5.26. The van der Waals surface area contributed by atoms with E-state index in [-0.39, 0.29) is 6.29 Å². The molecule has 0 saturated carbocycles. The molecule has 0 atom stereocenters. The van der Waals surface area contributed by atoms with Crippen molar-refractivity contribution in [1.29, 1.82) is 0 Å². The van der Waals surface area contributed by atoms with Crippen LogP contribution in [0, 0.1) is 0 Å². The Hall–Kier alpha value is -0.970. The first-order valence-corrected chi connectivity index (χ1v) is 6.25. The third-order valence-electron chi connectivity index (χ3n) is 2.17. The molecule has 0 aliphatic carbocycles. The highest BCUT2D eigenvalue weighted by atomic mass is 32.1. The Labute approximate surface area is 108 Å². The highest BCUT2D eigenvalue weighted by molar-refractivity contribution is 7.80. The molecule has 17 heavy (non-hydrogen) atoms. The molecule has 1 N–H and O–H groups in total. The number of hydrogen-bond donors (Lipinski definition) is 1. The minimum absolute atomic E-state index is 0.244. The Morgan fingerprint density at radius 1 is 1.18 bits per heavy atom. The largest absolute Gasteiger partial charge is 0.371 e. The first-order valence-electron chi connectivity index (χ1n) is 5.84. The number of ether oxygens (including phenoxy) is 2. The average molecular weight is 253 g/mol. The van der Waals surface area contributed by atoms with E-state index in [9.17, 15) is 0 Å². The van der Waals surface area contributed by atoms with E-state index in [1.54, 1.807) is 0 Å². The van der Waals surface area contributed by atoms with Gasteiger partial charge in [0.2, 0.25) is 0 Å². The van der Waals surface area contributed by atoms with Crippen LogP contribution in [0.15, 0.2) is 30.3 Å². The van der Waals surface area contributed by atoms with E-state index in [1.807, 2.05) is 44.2 Å². The molecule has 1 aromatic carbocycles. The lowest BCUT2D eigenvalue weighted by atomic mass is 10.2. The van der Waals surface area contributed by atoms with Crippen molar-refractivity contribution in [2.45, 2.75) is 20.1 Å². The first-order chi connectivity index (χ1) is 8.27. The number of rotatable bonds is 7. The fourth-order valence-corrected chi connectivity index (χ4v) is 1.62. The molecule has 3 nitrogen and oxygen atoms in total. The van der Waals surface area contributed by atoms with Gasteiger partial charge in [0, 0.05) is 18.8 Å². The Bertz CT molecular complexity index is 323. The summed E-state index contributed by atoms with van der Waals surface area (Å²) in [5, 5.41) is 3.15. The highest BCUT2D eigenvalue weighted by Gasteiger charge is 2.08. The first kappa shape index (κ1) is 14.1. The maximum atomic E-state index is 5.42.